The Hall–Kier alpha value is -2.56. The number of ketones is 1. The van der Waals surface area contributed by atoms with Crippen LogP contribution in [0.1, 0.15) is 21.6 Å². The molecule has 1 aromatic carbocycles. The van der Waals surface area contributed by atoms with Gasteiger partial charge in [0.1, 0.15) is 11.5 Å². The third kappa shape index (κ3) is 3.31. The number of hydrogen-bond donors (Lipinski definition) is 0. The Kier molecular flexibility index (Phi) is 4.42. The third-order valence-electron chi connectivity index (χ3n) is 3.14. The summed E-state index contributed by atoms with van der Waals surface area (Å²) in [5.41, 5.74) is 2.25. The van der Waals surface area contributed by atoms with Crippen molar-refractivity contribution in [2.75, 3.05) is 14.2 Å². The molecule has 0 N–H and O–H groups in total. The fourth-order valence-corrected chi connectivity index (χ4v) is 2.04. The molecule has 0 bridgehead atoms. The van der Waals surface area contributed by atoms with Crippen LogP contribution in [0.2, 0.25) is 0 Å². The first-order valence-electron chi connectivity index (χ1n) is 6.50. The molecule has 110 valence electrons. The summed E-state index contributed by atoms with van der Waals surface area (Å²) in [7, 11) is 4.94. The van der Waals surface area contributed by atoms with E-state index in [0.29, 0.717) is 17.1 Å². The Morgan fingerprint density at radius 1 is 1.29 bits per heavy atom. The molecule has 5 nitrogen and oxygen atoms in total. The summed E-state index contributed by atoms with van der Waals surface area (Å²) in [6.45, 7) is 1.90. The molecule has 1 aromatic heterocycles. The average molecular weight is 286 g/mol. The number of nitrogens with zero attached hydrogens (tertiary/aromatic N) is 2. The zero-order valence-electron chi connectivity index (χ0n) is 12.6. The minimum absolute atomic E-state index is 0.144. The van der Waals surface area contributed by atoms with Gasteiger partial charge in [-0.05, 0) is 37.3 Å². The van der Waals surface area contributed by atoms with Gasteiger partial charge in [0.05, 0.1) is 25.5 Å². The highest BCUT2D eigenvalue weighted by atomic mass is 16.5. The van der Waals surface area contributed by atoms with Crippen molar-refractivity contribution in [3.63, 3.8) is 0 Å². The maximum absolute atomic E-state index is 12.3. The topological polar surface area (TPSA) is 53.4 Å². The quantitative estimate of drug-likeness (QED) is 0.626. The third-order valence-corrected chi connectivity index (χ3v) is 3.14. The van der Waals surface area contributed by atoms with E-state index < -0.39 is 0 Å². The van der Waals surface area contributed by atoms with E-state index in [0.717, 1.165) is 11.3 Å². The average Bonchev–Trinajstić information content (AvgIpc) is 2.81. The van der Waals surface area contributed by atoms with Crippen LogP contribution in [-0.4, -0.2) is 29.8 Å². The number of aromatic nitrogens is 2. The summed E-state index contributed by atoms with van der Waals surface area (Å²) in [4.78, 5) is 12.3. The van der Waals surface area contributed by atoms with Gasteiger partial charge in [0.2, 0.25) is 0 Å². The van der Waals surface area contributed by atoms with E-state index in [-0.39, 0.29) is 5.78 Å². The highest BCUT2D eigenvalue weighted by Crippen LogP contribution is 2.25. The van der Waals surface area contributed by atoms with Crippen molar-refractivity contribution in [2.24, 2.45) is 7.05 Å². The molecule has 0 spiro atoms. The van der Waals surface area contributed by atoms with Gasteiger partial charge in [-0.15, -0.1) is 0 Å². The van der Waals surface area contributed by atoms with E-state index in [1.165, 1.54) is 13.2 Å². The van der Waals surface area contributed by atoms with E-state index >= 15 is 0 Å². The summed E-state index contributed by atoms with van der Waals surface area (Å²) >= 11 is 0. The predicted octanol–water partition coefficient (Wildman–Crippen LogP) is 2.64. The van der Waals surface area contributed by atoms with Gasteiger partial charge in [-0.2, -0.15) is 5.10 Å². The minimum atomic E-state index is -0.144. The summed E-state index contributed by atoms with van der Waals surface area (Å²) in [5.74, 6) is 0.993. The largest absolute Gasteiger partial charge is 0.497 e. The lowest BCUT2D eigenvalue weighted by atomic mass is 10.1. The van der Waals surface area contributed by atoms with Gasteiger partial charge in [-0.3, -0.25) is 9.48 Å². The second kappa shape index (κ2) is 6.26. The summed E-state index contributed by atoms with van der Waals surface area (Å²) < 4.78 is 12.1. The zero-order chi connectivity index (χ0) is 15.4. The number of carbonyl (C=O) groups is 1. The highest BCUT2D eigenvalue weighted by molar-refractivity contribution is 6.08. The molecule has 5 heteroatoms. The Balaban J connectivity index is 2.29. The number of ether oxygens (including phenoxy) is 2. The van der Waals surface area contributed by atoms with E-state index in [1.807, 2.05) is 20.2 Å². The fraction of sp³-hybridized carbons (Fsp3) is 0.250. The molecule has 2 rings (SSSR count). The second-order valence-corrected chi connectivity index (χ2v) is 4.61. The molecule has 0 amide bonds. The van der Waals surface area contributed by atoms with Crippen molar-refractivity contribution in [3.8, 4) is 11.5 Å². The van der Waals surface area contributed by atoms with Gasteiger partial charge in [0, 0.05) is 18.8 Å². The van der Waals surface area contributed by atoms with Crippen LogP contribution in [0.5, 0.6) is 11.5 Å². The number of aryl methyl sites for hydroxylation is 2. The molecule has 0 aliphatic rings. The van der Waals surface area contributed by atoms with Crippen LogP contribution in [0.15, 0.2) is 30.5 Å². The number of rotatable bonds is 5. The van der Waals surface area contributed by atoms with Crippen LogP contribution >= 0.6 is 0 Å². The van der Waals surface area contributed by atoms with Crippen molar-refractivity contribution in [2.45, 2.75) is 6.92 Å². The van der Waals surface area contributed by atoms with Crippen LogP contribution in [0.4, 0.5) is 0 Å². The van der Waals surface area contributed by atoms with E-state index in [2.05, 4.69) is 5.10 Å². The second-order valence-electron chi connectivity index (χ2n) is 4.61. The van der Waals surface area contributed by atoms with Gasteiger partial charge < -0.3 is 9.47 Å². The van der Waals surface area contributed by atoms with Gasteiger partial charge in [-0.1, -0.05) is 0 Å². The lowest BCUT2D eigenvalue weighted by molar-refractivity contribution is 0.104. The fourth-order valence-electron chi connectivity index (χ4n) is 2.04. The predicted molar refractivity (Wildman–Crippen MR) is 80.9 cm³/mol. The zero-order valence-corrected chi connectivity index (χ0v) is 12.6. The summed E-state index contributed by atoms with van der Waals surface area (Å²) in [6, 6.07) is 5.14. The molecule has 2 aromatic rings. The summed E-state index contributed by atoms with van der Waals surface area (Å²) in [6.07, 6.45) is 5.13. The van der Waals surface area contributed by atoms with Crippen LogP contribution in [0.3, 0.4) is 0 Å². The van der Waals surface area contributed by atoms with E-state index in [1.54, 1.807) is 36.1 Å². The number of benzene rings is 1. The summed E-state index contributed by atoms with van der Waals surface area (Å²) in [5, 5.41) is 4.23. The van der Waals surface area contributed by atoms with Crippen LogP contribution < -0.4 is 9.47 Å². The SMILES string of the molecule is COc1ccc(OC)c(C(=O)/C=C/c2cn(C)nc2C)c1. The lowest BCUT2D eigenvalue weighted by Crippen LogP contribution is -1.99. The standard InChI is InChI=1S/C16H18N2O3/c1-11-12(10-18(2)17-11)5-7-15(19)14-9-13(20-3)6-8-16(14)21-4/h5-10H,1-4H3/b7-5+. The Morgan fingerprint density at radius 2 is 2.05 bits per heavy atom. The molecule has 0 radical (unpaired) electrons. The molecule has 0 unspecified atom stereocenters. The molecule has 0 aliphatic heterocycles. The van der Waals surface area contributed by atoms with Gasteiger partial charge in [0.25, 0.3) is 0 Å². The Labute approximate surface area is 123 Å². The van der Waals surface area contributed by atoms with Crippen molar-refractivity contribution in [3.05, 3.63) is 47.3 Å². The van der Waals surface area contributed by atoms with Crippen molar-refractivity contribution < 1.29 is 14.3 Å². The lowest BCUT2D eigenvalue weighted by Gasteiger charge is -2.07. The van der Waals surface area contributed by atoms with Gasteiger partial charge in [0.15, 0.2) is 5.78 Å². The molecular weight excluding hydrogens is 268 g/mol. The first-order valence-corrected chi connectivity index (χ1v) is 6.50. The van der Waals surface area contributed by atoms with Crippen LogP contribution in [0, 0.1) is 6.92 Å². The van der Waals surface area contributed by atoms with Crippen molar-refractivity contribution in [1.82, 2.24) is 9.78 Å². The molecule has 1 heterocycles. The number of carbonyl (C=O) groups excluding carboxylic acids is 1. The smallest absolute Gasteiger partial charge is 0.189 e. The molecule has 21 heavy (non-hydrogen) atoms. The van der Waals surface area contributed by atoms with Crippen molar-refractivity contribution >= 4 is 11.9 Å². The molecule has 0 fully saturated rings. The van der Waals surface area contributed by atoms with E-state index in [4.69, 9.17) is 9.47 Å². The van der Waals surface area contributed by atoms with Gasteiger partial charge >= 0.3 is 0 Å². The Bertz CT molecular complexity index is 687. The molecule has 0 aliphatic carbocycles. The van der Waals surface area contributed by atoms with Gasteiger partial charge in [-0.25, -0.2) is 0 Å². The monoisotopic (exact) mass is 286 g/mol. The number of allylic oxidation sites excluding steroid dienone is 1. The minimum Gasteiger partial charge on any atom is -0.497 e. The normalized spacial score (nSPS) is 10.9. The molecular formula is C16H18N2O3. The molecule has 0 atom stereocenters. The van der Waals surface area contributed by atoms with E-state index in [9.17, 15) is 4.79 Å². The number of methoxy groups -OCH3 is 2. The maximum Gasteiger partial charge on any atom is 0.189 e. The molecule has 0 saturated carbocycles. The van der Waals surface area contributed by atoms with Crippen LogP contribution in [0.25, 0.3) is 6.08 Å². The van der Waals surface area contributed by atoms with Crippen molar-refractivity contribution in [1.29, 1.82) is 0 Å². The first-order chi connectivity index (χ1) is 10.0. The highest BCUT2D eigenvalue weighted by Gasteiger charge is 2.11. The first kappa shape index (κ1) is 14.8. The maximum atomic E-state index is 12.3. The Morgan fingerprint density at radius 3 is 2.62 bits per heavy atom. The molecule has 0 saturated heterocycles. The number of hydrogen-bond acceptors (Lipinski definition) is 4. The van der Waals surface area contributed by atoms with Crippen LogP contribution in [-0.2, 0) is 7.05 Å².